The zero-order valence-corrected chi connectivity index (χ0v) is 15.2. The van der Waals surface area contributed by atoms with E-state index in [1.54, 1.807) is 47.2 Å². The van der Waals surface area contributed by atoms with E-state index in [0.717, 1.165) is 5.56 Å². The van der Waals surface area contributed by atoms with Crippen molar-refractivity contribution in [1.29, 1.82) is 0 Å². The summed E-state index contributed by atoms with van der Waals surface area (Å²) in [4.78, 5) is 24.2. The van der Waals surface area contributed by atoms with E-state index in [1.807, 2.05) is 0 Å². The molecule has 0 radical (unpaired) electrons. The van der Waals surface area contributed by atoms with Crippen molar-refractivity contribution in [2.24, 2.45) is 0 Å². The molecule has 1 N–H and O–H groups in total. The number of carbonyl (C=O) groups is 1. The molecule has 1 heterocycles. The molecule has 0 aliphatic carbocycles. The smallest absolute Gasteiger partial charge is 0.240 e. The fourth-order valence-corrected chi connectivity index (χ4v) is 3.13. The van der Waals surface area contributed by atoms with E-state index in [-0.39, 0.29) is 24.4 Å². The zero-order valence-electron chi connectivity index (χ0n) is 12.9. The summed E-state index contributed by atoms with van der Waals surface area (Å²) < 4.78 is 1.68. The lowest BCUT2D eigenvalue weighted by molar-refractivity contribution is -0.121. The Labute approximate surface area is 158 Å². The van der Waals surface area contributed by atoms with E-state index in [1.165, 1.54) is 6.07 Å². The highest BCUT2D eigenvalue weighted by Gasteiger charge is 2.09. The summed E-state index contributed by atoms with van der Waals surface area (Å²) in [7, 11) is 0. The normalized spacial score (nSPS) is 10.8. The number of fused-ring (bicyclic) bond motifs is 1. The predicted octanol–water partition coefficient (Wildman–Crippen LogP) is 4.28. The average Bonchev–Trinajstić information content (AvgIpc) is 2.56. The number of aromatic nitrogens is 1. The quantitative estimate of drug-likeness (QED) is 0.717. The van der Waals surface area contributed by atoms with Crippen molar-refractivity contribution in [3.05, 3.63) is 79.5 Å². The minimum Gasteiger partial charge on any atom is -0.350 e. The van der Waals surface area contributed by atoms with Crippen LogP contribution in [0.2, 0.25) is 15.1 Å². The van der Waals surface area contributed by atoms with Gasteiger partial charge in [-0.25, -0.2) is 0 Å². The van der Waals surface area contributed by atoms with Crippen molar-refractivity contribution in [2.45, 2.75) is 13.1 Å². The van der Waals surface area contributed by atoms with Crippen molar-refractivity contribution in [1.82, 2.24) is 9.88 Å². The van der Waals surface area contributed by atoms with Crippen molar-refractivity contribution < 1.29 is 4.79 Å². The maximum Gasteiger partial charge on any atom is 0.240 e. The molecule has 0 saturated heterocycles. The molecule has 128 valence electrons. The number of halogens is 3. The van der Waals surface area contributed by atoms with Crippen molar-refractivity contribution >= 4 is 51.6 Å². The number of hydrogen-bond donors (Lipinski definition) is 1. The number of benzene rings is 2. The van der Waals surface area contributed by atoms with Crippen LogP contribution >= 0.6 is 34.8 Å². The first-order valence-corrected chi connectivity index (χ1v) is 8.57. The Bertz CT molecular complexity index is 1010. The van der Waals surface area contributed by atoms with Crippen molar-refractivity contribution in [3.8, 4) is 0 Å². The maximum atomic E-state index is 12.3. The molecule has 1 aromatic heterocycles. The highest BCUT2D eigenvalue weighted by molar-refractivity contribution is 6.35. The average molecular weight is 396 g/mol. The number of hydrogen-bond acceptors (Lipinski definition) is 2. The Balaban J connectivity index is 1.77. The van der Waals surface area contributed by atoms with E-state index >= 15 is 0 Å². The van der Waals surface area contributed by atoms with E-state index in [2.05, 4.69) is 5.32 Å². The van der Waals surface area contributed by atoms with Crippen LogP contribution in [0.1, 0.15) is 5.56 Å². The molecular formula is C18H13Cl3N2O2. The van der Waals surface area contributed by atoms with Crippen LogP contribution in [0, 0.1) is 0 Å². The number of carbonyl (C=O) groups excluding carboxylic acids is 1. The van der Waals surface area contributed by atoms with Crippen LogP contribution in [0.15, 0.2) is 53.5 Å². The van der Waals surface area contributed by atoms with Crippen LogP contribution in [0.4, 0.5) is 0 Å². The second-order valence-corrected chi connectivity index (χ2v) is 6.76. The van der Waals surface area contributed by atoms with Crippen LogP contribution < -0.4 is 10.7 Å². The van der Waals surface area contributed by atoms with Crippen LogP contribution in [-0.4, -0.2) is 10.5 Å². The van der Waals surface area contributed by atoms with Gasteiger partial charge >= 0.3 is 0 Å². The molecule has 0 fully saturated rings. The lowest BCUT2D eigenvalue weighted by atomic mass is 10.2. The monoisotopic (exact) mass is 394 g/mol. The first-order chi connectivity index (χ1) is 11.9. The Morgan fingerprint density at radius 2 is 1.72 bits per heavy atom. The highest BCUT2D eigenvalue weighted by atomic mass is 35.5. The topological polar surface area (TPSA) is 51.1 Å². The fourth-order valence-electron chi connectivity index (χ4n) is 2.49. The van der Waals surface area contributed by atoms with Gasteiger partial charge in [-0.05, 0) is 35.9 Å². The highest BCUT2D eigenvalue weighted by Crippen LogP contribution is 2.21. The van der Waals surface area contributed by atoms with Gasteiger partial charge in [-0.2, -0.15) is 0 Å². The van der Waals surface area contributed by atoms with Crippen molar-refractivity contribution in [2.75, 3.05) is 0 Å². The summed E-state index contributed by atoms with van der Waals surface area (Å²) in [5.74, 6) is -0.212. The van der Waals surface area contributed by atoms with Crippen LogP contribution in [0.3, 0.4) is 0 Å². The van der Waals surface area contributed by atoms with Gasteiger partial charge in [0.1, 0.15) is 6.54 Å². The molecule has 2 aromatic carbocycles. The minimum atomic E-state index is -0.212. The lowest BCUT2D eigenvalue weighted by Crippen LogP contribution is -2.27. The van der Waals surface area contributed by atoms with Gasteiger partial charge in [0.15, 0.2) is 5.43 Å². The first-order valence-electron chi connectivity index (χ1n) is 7.43. The molecule has 0 bridgehead atoms. The van der Waals surface area contributed by atoms with E-state index in [0.29, 0.717) is 26.0 Å². The van der Waals surface area contributed by atoms with Crippen LogP contribution in [0.25, 0.3) is 10.9 Å². The summed E-state index contributed by atoms with van der Waals surface area (Å²) in [6.07, 6.45) is 1.58. The third kappa shape index (κ3) is 4.15. The van der Waals surface area contributed by atoms with Crippen LogP contribution in [-0.2, 0) is 17.9 Å². The van der Waals surface area contributed by atoms with Gasteiger partial charge in [0.25, 0.3) is 0 Å². The molecular weight excluding hydrogens is 383 g/mol. The van der Waals surface area contributed by atoms with E-state index in [4.69, 9.17) is 34.8 Å². The van der Waals surface area contributed by atoms with Crippen LogP contribution in [0.5, 0.6) is 0 Å². The lowest BCUT2D eigenvalue weighted by Gasteiger charge is -2.12. The summed E-state index contributed by atoms with van der Waals surface area (Å²) in [5.41, 5.74) is 1.27. The number of nitrogens with zero attached hydrogens (tertiary/aromatic N) is 1. The van der Waals surface area contributed by atoms with E-state index < -0.39 is 0 Å². The third-order valence-electron chi connectivity index (χ3n) is 3.75. The number of amides is 1. The molecule has 3 rings (SSSR count). The largest absolute Gasteiger partial charge is 0.350 e. The van der Waals surface area contributed by atoms with Gasteiger partial charge < -0.3 is 9.88 Å². The van der Waals surface area contributed by atoms with Gasteiger partial charge in [-0.15, -0.1) is 0 Å². The van der Waals surface area contributed by atoms with Gasteiger partial charge in [0.2, 0.25) is 5.91 Å². The molecule has 0 aliphatic rings. The summed E-state index contributed by atoms with van der Waals surface area (Å²) in [6.45, 7) is 0.343. The Morgan fingerprint density at radius 1 is 1.00 bits per heavy atom. The minimum absolute atomic E-state index is 0.0579. The molecule has 0 aliphatic heterocycles. The zero-order chi connectivity index (χ0) is 18.0. The molecule has 0 saturated carbocycles. The standard InChI is InChI=1S/C18H13Cl3N2O2/c19-12-2-1-11(15(21)7-12)9-22-18(25)10-23-6-5-17(24)14-4-3-13(20)8-16(14)23/h1-8H,9-10H2,(H,22,25). The second-order valence-electron chi connectivity index (χ2n) is 5.48. The number of pyridine rings is 1. The Morgan fingerprint density at radius 3 is 2.48 bits per heavy atom. The van der Waals surface area contributed by atoms with Gasteiger partial charge in [-0.1, -0.05) is 40.9 Å². The summed E-state index contributed by atoms with van der Waals surface area (Å²) in [5, 5.41) is 4.85. The molecule has 0 atom stereocenters. The Kier molecular flexibility index (Phi) is 5.33. The second kappa shape index (κ2) is 7.48. The molecule has 0 spiro atoms. The Hall–Kier alpha value is -2.01. The number of rotatable bonds is 4. The summed E-state index contributed by atoms with van der Waals surface area (Å²) in [6, 6.07) is 11.5. The predicted molar refractivity (Wildman–Crippen MR) is 102 cm³/mol. The third-order valence-corrected chi connectivity index (χ3v) is 4.57. The SMILES string of the molecule is O=C(Cn1ccc(=O)c2ccc(Cl)cc21)NCc1ccc(Cl)cc1Cl. The molecule has 3 aromatic rings. The first kappa shape index (κ1) is 17.8. The van der Waals surface area contributed by atoms with Gasteiger partial charge in [0, 0.05) is 39.3 Å². The van der Waals surface area contributed by atoms with E-state index in [9.17, 15) is 9.59 Å². The summed E-state index contributed by atoms with van der Waals surface area (Å²) >= 11 is 18.0. The van der Waals surface area contributed by atoms with Gasteiger partial charge in [0.05, 0.1) is 5.52 Å². The number of nitrogens with one attached hydrogen (secondary N) is 1. The molecule has 0 unspecified atom stereocenters. The molecule has 7 heteroatoms. The molecule has 25 heavy (non-hydrogen) atoms. The fraction of sp³-hybridized carbons (Fsp3) is 0.111. The molecule has 4 nitrogen and oxygen atoms in total. The maximum absolute atomic E-state index is 12.3. The molecule has 1 amide bonds. The van der Waals surface area contributed by atoms with Gasteiger partial charge in [-0.3, -0.25) is 9.59 Å². The van der Waals surface area contributed by atoms with Crippen molar-refractivity contribution in [3.63, 3.8) is 0 Å².